The van der Waals surface area contributed by atoms with Crippen molar-refractivity contribution in [2.45, 2.75) is 36.9 Å². The van der Waals surface area contributed by atoms with Crippen LogP contribution in [0.2, 0.25) is 0 Å². The molecule has 2 atom stereocenters. The average Bonchev–Trinajstić information content (AvgIpc) is 2.85. The van der Waals surface area contributed by atoms with Crippen molar-refractivity contribution >= 4 is 37.3 Å². The van der Waals surface area contributed by atoms with Crippen LogP contribution in [-0.4, -0.2) is 14.5 Å². The summed E-state index contributed by atoms with van der Waals surface area (Å²) in [5.74, 6) is 0.527. The molecule has 0 amide bonds. The largest absolute Gasteiger partial charge is 0.250 e. The number of sulfonamides is 1. The fraction of sp³-hybridized carbons (Fsp3) is 0.600. The number of aryl methyl sites for hydroxylation is 1. The summed E-state index contributed by atoms with van der Waals surface area (Å²) in [6.45, 7) is 3.98. The first kappa shape index (κ1) is 12.5. The van der Waals surface area contributed by atoms with E-state index >= 15 is 0 Å². The second-order valence-corrected chi connectivity index (χ2v) is 8.46. The maximum Gasteiger partial charge on any atom is 0.250 e. The minimum atomic E-state index is -3.30. The van der Waals surface area contributed by atoms with Crippen molar-refractivity contribution in [3.05, 3.63) is 15.4 Å². The predicted molar refractivity (Wildman–Crippen MR) is 69.3 cm³/mol. The zero-order chi connectivity index (χ0) is 11.9. The van der Waals surface area contributed by atoms with Crippen LogP contribution in [0.5, 0.6) is 0 Å². The van der Waals surface area contributed by atoms with Gasteiger partial charge in [0.1, 0.15) is 4.21 Å². The third kappa shape index (κ3) is 2.50. The zero-order valence-electron chi connectivity index (χ0n) is 9.16. The average molecular weight is 324 g/mol. The molecule has 0 radical (unpaired) electrons. The summed E-state index contributed by atoms with van der Waals surface area (Å²) < 4.78 is 28.0. The van der Waals surface area contributed by atoms with Crippen LogP contribution < -0.4 is 4.72 Å². The highest BCUT2D eigenvalue weighted by Gasteiger charge is 2.39. The van der Waals surface area contributed by atoms with Gasteiger partial charge >= 0.3 is 0 Å². The molecular weight excluding hydrogens is 310 g/mol. The normalized spacial score (nSPS) is 24.7. The van der Waals surface area contributed by atoms with E-state index in [1.165, 1.54) is 11.3 Å². The number of rotatable bonds is 4. The van der Waals surface area contributed by atoms with E-state index in [0.29, 0.717) is 10.1 Å². The van der Waals surface area contributed by atoms with Gasteiger partial charge in [-0.25, -0.2) is 13.1 Å². The lowest BCUT2D eigenvalue weighted by Crippen LogP contribution is -2.26. The third-order valence-corrected chi connectivity index (χ3v) is 6.95. The summed E-state index contributed by atoms with van der Waals surface area (Å²) in [5, 5.41) is 0. The van der Waals surface area contributed by atoms with E-state index in [1.807, 2.05) is 6.92 Å². The molecule has 6 heteroatoms. The molecule has 16 heavy (non-hydrogen) atoms. The van der Waals surface area contributed by atoms with E-state index in [-0.39, 0.29) is 6.04 Å². The molecule has 2 unspecified atom stereocenters. The molecule has 2 rings (SSSR count). The smallest absolute Gasteiger partial charge is 0.207 e. The van der Waals surface area contributed by atoms with Gasteiger partial charge in [-0.15, -0.1) is 11.3 Å². The summed E-state index contributed by atoms with van der Waals surface area (Å²) in [4.78, 5) is 0. The van der Waals surface area contributed by atoms with E-state index in [9.17, 15) is 8.42 Å². The summed E-state index contributed by atoms with van der Waals surface area (Å²) in [6.07, 6.45) is 2.02. The lowest BCUT2D eigenvalue weighted by atomic mass is 10.3. The van der Waals surface area contributed by atoms with Crippen molar-refractivity contribution in [2.24, 2.45) is 5.92 Å². The van der Waals surface area contributed by atoms with Crippen molar-refractivity contribution in [1.29, 1.82) is 0 Å². The summed E-state index contributed by atoms with van der Waals surface area (Å²) in [5.41, 5.74) is 0.966. The lowest BCUT2D eigenvalue weighted by Gasteiger charge is -2.02. The minimum Gasteiger partial charge on any atom is -0.207 e. The maximum absolute atomic E-state index is 12.0. The number of halogens is 1. The Morgan fingerprint density at radius 1 is 1.62 bits per heavy atom. The molecule has 1 aromatic rings. The monoisotopic (exact) mass is 323 g/mol. The van der Waals surface area contributed by atoms with Gasteiger partial charge in [0.25, 0.3) is 0 Å². The molecule has 1 aliphatic carbocycles. The van der Waals surface area contributed by atoms with Gasteiger partial charge in [-0.2, -0.15) is 0 Å². The highest BCUT2D eigenvalue weighted by molar-refractivity contribution is 9.11. The van der Waals surface area contributed by atoms with Crippen molar-refractivity contribution in [2.75, 3.05) is 0 Å². The van der Waals surface area contributed by atoms with E-state index in [2.05, 4.69) is 27.6 Å². The molecule has 0 aliphatic heterocycles. The van der Waals surface area contributed by atoms with Crippen LogP contribution >= 0.6 is 27.3 Å². The van der Waals surface area contributed by atoms with Crippen LogP contribution in [0.3, 0.4) is 0 Å². The Labute approximate surface area is 108 Å². The second-order valence-electron chi connectivity index (χ2n) is 4.15. The van der Waals surface area contributed by atoms with Crippen molar-refractivity contribution < 1.29 is 8.42 Å². The van der Waals surface area contributed by atoms with Crippen LogP contribution in [0.1, 0.15) is 25.3 Å². The summed E-state index contributed by atoms with van der Waals surface area (Å²) >= 11 is 4.61. The highest BCUT2D eigenvalue weighted by Crippen LogP contribution is 2.36. The van der Waals surface area contributed by atoms with Gasteiger partial charge < -0.3 is 0 Å². The summed E-state index contributed by atoms with van der Waals surface area (Å²) in [6, 6.07) is 1.86. The SMILES string of the molecule is CCC1CC1NS(=O)(=O)c1cc(C)c(Br)s1. The fourth-order valence-electron chi connectivity index (χ4n) is 1.66. The molecule has 0 bridgehead atoms. The Kier molecular flexibility index (Phi) is 3.45. The van der Waals surface area contributed by atoms with Gasteiger partial charge in [0, 0.05) is 6.04 Å². The van der Waals surface area contributed by atoms with E-state index in [0.717, 1.165) is 22.2 Å². The Morgan fingerprint density at radius 2 is 2.31 bits per heavy atom. The van der Waals surface area contributed by atoms with E-state index in [1.54, 1.807) is 6.07 Å². The number of hydrogen-bond donors (Lipinski definition) is 1. The molecule has 1 aromatic heterocycles. The Morgan fingerprint density at radius 3 is 2.75 bits per heavy atom. The van der Waals surface area contributed by atoms with Gasteiger partial charge in [-0.1, -0.05) is 13.3 Å². The van der Waals surface area contributed by atoms with Gasteiger partial charge in [0.15, 0.2) is 0 Å². The molecule has 1 heterocycles. The minimum absolute atomic E-state index is 0.149. The Hall–Kier alpha value is 0.0900. The van der Waals surface area contributed by atoms with Crippen molar-refractivity contribution in [3.8, 4) is 0 Å². The maximum atomic E-state index is 12.0. The number of nitrogens with one attached hydrogen (secondary N) is 1. The van der Waals surface area contributed by atoms with Crippen LogP contribution in [0, 0.1) is 12.8 Å². The van der Waals surface area contributed by atoms with Gasteiger partial charge in [0.05, 0.1) is 3.79 Å². The topological polar surface area (TPSA) is 46.2 Å². The predicted octanol–water partition coefficient (Wildman–Crippen LogP) is 2.90. The quantitative estimate of drug-likeness (QED) is 0.926. The van der Waals surface area contributed by atoms with Crippen LogP contribution in [0.15, 0.2) is 14.1 Å². The second kappa shape index (κ2) is 4.40. The summed E-state index contributed by atoms with van der Waals surface area (Å²) in [7, 11) is -3.30. The van der Waals surface area contributed by atoms with E-state index in [4.69, 9.17) is 0 Å². The lowest BCUT2D eigenvalue weighted by molar-refractivity contribution is 0.578. The number of hydrogen-bond acceptors (Lipinski definition) is 3. The third-order valence-electron chi connectivity index (χ3n) is 2.85. The highest BCUT2D eigenvalue weighted by atomic mass is 79.9. The van der Waals surface area contributed by atoms with Crippen molar-refractivity contribution in [1.82, 2.24) is 4.72 Å². The Bertz CT molecular complexity index is 475. The molecule has 1 aliphatic rings. The Balaban J connectivity index is 2.13. The van der Waals surface area contributed by atoms with E-state index < -0.39 is 10.0 Å². The first-order chi connectivity index (χ1) is 7.44. The fourth-order valence-corrected chi connectivity index (χ4v) is 5.22. The standard InChI is InChI=1S/C10H14BrNO2S2/c1-3-7-5-8(7)12-16(13,14)9-4-6(2)10(11)15-9/h4,7-8,12H,3,5H2,1-2H3. The molecular formula is C10H14BrNO2S2. The molecule has 0 saturated heterocycles. The van der Waals surface area contributed by atoms with Crippen LogP contribution in [0.25, 0.3) is 0 Å². The first-order valence-electron chi connectivity index (χ1n) is 5.22. The van der Waals surface area contributed by atoms with Crippen molar-refractivity contribution in [3.63, 3.8) is 0 Å². The molecule has 0 aromatic carbocycles. The van der Waals surface area contributed by atoms with Gasteiger partial charge in [0.2, 0.25) is 10.0 Å². The molecule has 90 valence electrons. The molecule has 0 spiro atoms. The molecule has 3 nitrogen and oxygen atoms in total. The van der Waals surface area contributed by atoms with Gasteiger partial charge in [-0.3, -0.25) is 0 Å². The molecule has 1 fully saturated rings. The molecule has 1 saturated carbocycles. The number of thiophene rings is 1. The first-order valence-corrected chi connectivity index (χ1v) is 8.31. The van der Waals surface area contributed by atoms with Crippen LogP contribution in [0.4, 0.5) is 0 Å². The molecule has 1 N–H and O–H groups in total. The van der Waals surface area contributed by atoms with Crippen LogP contribution in [-0.2, 0) is 10.0 Å². The zero-order valence-corrected chi connectivity index (χ0v) is 12.4. The van der Waals surface area contributed by atoms with Gasteiger partial charge in [-0.05, 0) is 46.8 Å².